The van der Waals surface area contributed by atoms with E-state index in [2.05, 4.69) is 15.1 Å². The van der Waals surface area contributed by atoms with E-state index >= 15 is 0 Å². The van der Waals surface area contributed by atoms with Crippen molar-refractivity contribution in [1.82, 2.24) is 19.6 Å². The van der Waals surface area contributed by atoms with E-state index in [1.54, 1.807) is 0 Å². The third-order valence-corrected chi connectivity index (χ3v) is 1.43. The highest BCUT2D eigenvalue weighted by Gasteiger charge is 2.04. The summed E-state index contributed by atoms with van der Waals surface area (Å²) in [4.78, 5) is 17.1. The molecule has 0 fully saturated rings. The van der Waals surface area contributed by atoms with Crippen LogP contribution in [0.4, 0.5) is 0 Å². The normalized spacial score (nSPS) is 9.92. The molecule has 6 nitrogen and oxygen atoms in total. The van der Waals surface area contributed by atoms with Gasteiger partial charge in [-0.3, -0.25) is 4.98 Å². The van der Waals surface area contributed by atoms with E-state index < -0.39 is 5.69 Å². The van der Waals surface area contributed by atoms with Crippen molar-refractivity contribution >= 4 is 5.65 Å². The third-order valence-electron chi connectivity index (χ3n) is 1.43. The Morgan fingerprint density at radius 3 is 3.25 bits per heavy atom. The maximum absolute atomic E-state index is 11.0. The minimum absolute atomic E-state index is 0.279. The second kappa shape index (κ2) is 2.17. The van der Waals surface area contributed by atoms with E-state index in [4.69, 9.17) is 5.26 Å². The Kier molecular flexibility index (Phi) is 1.18. The van der Waals surface area contributed by atoms with Gasteiger partial charge in [0.25, 0.3) is 0 Å². The van der Waals surface area contributed by atoms with Crippen LogP contribution in [0, 0.1) is 11.3 Å². The van der Waals surface area contributed by atoms with Crippen LogP contribution in [0.15, 0.2) is 17.3 Å². The Hall–Kier alpha value is -2.16. The van der Waals surface area contributed by atoms with Crippen LogP contribution in [0.2, 0.25) is 0 Å². The first-order valence-electron chi connectivity index (χ1n) is 3.14. The van der Waals surface area contributed by atoms with Crippen LogP contribution in [-0.4, -0.2) is 19.6 Å². The molecule has 0 atom stereocenters. The average molecular weight is 161 g/mol. The number of hydrogen-bond donors (Lipinski definition) is 1. The van der Waals surface area contributed by atoms with E-state index in [9.17, 15) is 4.79 Å². The first kappa shape index (κ1) is 6.54. The number of nitrogens with zero attached hydrogens (tertiary/aromatic N) is 4. The lowest BCUT2D eigenvalue weighted by atomic mass is 10.4. The van der Waals surface area contributed by atoms with E-state index in [-0.39, 0.29) is 5.65 Å². The van der Waals surface area contributed by atoms with Gasteiger partial charge < -0.3 is 0 Å². The van der Waals surface area contributed by atoms with Crippen LogP contribution in [-0.2, 0) is 0 Å². The van der Waals surface area contributed by atoms with E-state index in [1.165, 1.54) is 12.5 Å². The summed E-state index contributed by atoms with van der Waals surface area (Å²) >= 11 is 0. The molecular formula is C6H3N5O. The van der Waals surface area contributed by atoms with Gasteiger partial charge in [-0.1, -0.05) is 0 Å². The summed E-state index contributed by atoms with van der Waals surface area (Å²) in [7, 11) is 0. The van der Waals surface area contributed by atoms with Gasteiger partial charge >= 0.3 is 5.69 Å². The number of H-pyrrole nitrogens is 1. The van der Waals surface area contributed by atoms with Gasteiger partial charge in [0, 0.05) is 0 Å². The molecular weight excluding hydrogens is 158 g/mol. The summed E-state index contributed by atoms with van der Waals surface area (Å²) in [5.74, 6) is 0. The second-order valence-corrected chi connectivity index (χ2v) is 2.11. The molecule has 2 heterocycles. The Labute approximate surface area is 66.1 Å². The minimum Gasteiger partial charge on any atom is -0.296 e. The summed E-state index contributed by atoms with van der Waals surface area (Å²) in [5, 5.41) is 12.2. The van der Waals surface area contributed by atoms with Gasteiger partial charge in [-0.2, -0.15) is 14.9 Å². The highest BCUT2D eigenvalue weighted by molar-refractivity contribution is 5.52. The van der Waals surface area contributed by atoms with Crippen molar-refractivity contribution in [3.63, 3.8) is 0 Å². The van der Waals surface area contributed by atoms with Crippen LogP contribution >= 0.6 is 0 Å². The predicted molar refractivity (Wildman–Crippen MR) is 38.3 cm³/mol. The Morgan fingerprint density at radius 1 is 1.67 bits per heavy atom. The number of rotatable bonds is 0. The molecule has 0 aliphatic carbocycles. The minimum atomic E-state index is -0.401. The lowest BCUT2D eigenvalue weighted by molar-refractivity contribution is 0.840. The van der Waals surface area contributed by atoms with E-state index in [1.807, 2.05) is 6.07 Å². The van der Waals surface area contributed by atoms with Crippen LogP contribution < -0.4 is 5.69 Å². The molecule has 0 aromatic carbocycles. The molecule has 1 N–H and O–H groups in total. The van der Waals surface area contributed by atoms with Crippen molar-refractivity contribution in [2.24, 2.45) is 0 Å². The molecule has 0 bridgehead atoms. The maximum Gasteiger partial charge on any atom is 0.349 e. The smallest absolute Gasteiger partial charge is 0.296 e. The summed E-state index contributed by atoms with van der Waals surface area (Å²) in [6, 6.07) is 1.88. The third kappa shape index (κ3) is 0.703. The predicted octanol–water partition coefficient (Wildman–Crippen LogP) is -0.711. The molecule has 2 aromatic heterocycles. The first-order valence-corrected chi connectivity index (χ1v) is 3.14. The van der Waals surface area contributed by atoms with Gasteiger partial charge in [0.2, 0.25) is 0 Å². The first-order chi connectivity index (χ1) is 5.83. The van der Waals surface area contributed by atoms with Crippen LogP contribution in [0.3, 0.4) is 0 Å². The van der Waals surface area contributed by atoms with Crippen molar-refractivity contribution in [2.75, 3.05) is 0 Å². The monoisotopic (exact) mass is 161 g/mol. The fourth-order valence-corrected chi connectivity index (χ4v) is 0.903. The standard InChI is InChI=1S/C6H3N5O/c7-1-4-2-10-11-5(4)8-3-9-6(11)12/h2-3H,(H,8,9,12). The highest BCUT2D eigenvalue weighted by Crippen LogP contribution is 2.00. The van der Waals surface area contributed by atoms with Gasteiger partial charge in [-0.05, 0) is 0 Å². The molecule has 6 heteroatoms. The van der Waals surface area contributed by atoms with Gasteiger partial charge in [-0.15, -0.1) is 0 Å². The van der Waals surface area contributed by atoms with Crippen molar-refractivity contribution < 1.29 is 0 Å². The second-order valence-electron chi connectivity index (χ2n) is 2.11. The highest BCUT2D eigenvalue weighted by atomic mass is 16.1. The summed E-state index contributed by atoms with van der Waals surface area (Å²) in [6.45, 7) is 0. The molecule has 0 radical (unpaired) electrons. The number of aromatic nitrogens is 4. The van der Waals surface area contributed by atoms with Crippen LogP contribution in [0.1, 0.15) is 5.56 Å². The summed E-state index contributed by atoms with van der Waals surface area (Å²) in [5.41, 5.74) is 0.170. The number of nitriles is 1. The van der Waals surface area contributed by atoms with Crippen molar-refractivity contribution in [2.45, 2.75) is 0 Å². The zero-order chi connectivity index (χ0) is 8.55. The molecule has 0 saturated carbocycles. The summed E-state index contributed by atoms with van der Waals surface area (Å²) in [6.07, 6.45) is 2.54. The van der Waals surface area contributed by atoms with Crippen LogP contribution in [0.5, 0.6) is 0 Å². The lowest BCUT2D eigenvalue weighted by Gasteiger charge is -1.87. The fraction of sp³-hybridized carbons (Fsp3) is 0. The molecule has 0 amide bonds. The van der Waals surface area contributed by atoms with Crippen molar-refractivity contribution in [1.29, 1.82) is 5.26 Å². The van der Waals surface area contributed by atoms with E-state index in [0.717, 1.165) is 4.52 Å². The quantitative estimate of drug-likeness (QED) is 0.552. The van der Waals surface area contributed by atoms with Crippen LogP contribution in [0.25, 0.3) is 5.65 Å². The molecule has 2 rings (SSSR count). The molecule has 0 unspecified atom stereocenters. The topological polar surface area (TPSA) is 86.8 Å². The van der Waals surface area contributed by atoms with Gasteiger partial charge in [0.1, 0.15) is 11.6 Å². The van der Waals surface area contributed by atoms with Gasteiger partial charge in [-0.25, -0.2) is 9.78 Å². The molecule has 0 spiro atoms. The molecule has 0 saturated heterocycles. The zero-order valence-corrected chi connectivity index (χ0v) is 5.85. The SMILES string of the molecule is N#Cc1cnn2c(=O)[nH]cnc12. The van der Waals surface area contributed by atoms with Gasteiger partial charge in [0.05, 0.1) is 12.5 Å². The molecule has 0 aliphatic heterocycles. The summed E-state index contributed by atoms with van der Waals surface area (Å²) < 4.78 is 1.04. The number of hydrogen-bond acceptors (Lipinski definition) is 4. The Bertz CT molecular complexity index is 516. The number of aromatic amines is 1. The average Bonchev–Trinajstić information content (AvgIpc) is 2.49. The largest absolute Gasteiger partial charge is 0.349 e. The molecule has 58 valence electrons. The van der Waals surface area contributed by atoms with E-state index in [0.29, 0.717) is 5.56 Å². The molecule has 2 aromatic rings. The number of fused-ring (bicyclic) bond motifs is 1. The van der Waals surface area contributed by atoms with Gasteiger partial charge in [0.15, 0.2) is 5.65 Å². The van der Waals surface area contributed by atoms with Crippen molar-refractivity contribution in [3.8, 4) is 6.07 Å². The Morgan fingerprint density at radius 2 is 2.50 bits per heavy atom. The lowest BCUT2D eigenvalue weighted by Crippen LogP contribution is -2.17. The fourth-order valence-electron chi connectivity index (χ4n) is 0.903. The zero-order valence-electron chi connectivity index (χ0n) is 5.85. The van der Waals surface area contributed by atoms with Crippen molar-refractivity contribution in [3.05, 3.63) is 28.6 Å². The Balaban J connectivity index is 3.01. The number of nitrogens with one attached hydrogen (secondary N) is 1. The molecule has 12 heavy (non-hydrogen) atoms. The molecule has 0 aliphatic rings. The maximum atomic E-state index is 11.0.